The van der Waals surface area contributed by atoms with E-state index in [-0.39, 0.29) is 29.6 Å². The maximum atomic E-state index is 12.5. The number of ether oxygens (including phenoxy) is 2. The van der Waals surface area contributed by atoms with Gasteiger partial charge in [-0.05, 0) is 17.7 Å². The van der Waals surface area contributed by atoms with Crippen LogP contribution >= 0.6 is 12.4 Å². The van der Waals surface area contributed by atoms with Crippen LogP contribution in [0.3, 0.4) is 0 Å². The number of benzene rings is 2. The van der Waals surface area contributed by atoms with Gasteiger partial charge >= 0.3 is 0 Å². The van der Waals surface area contributed by atoms with Gasteiger partial charge < -0.3 is 15.2 Å². The van der Waals surface area contributed by atoms with E-state index in [4.69, 9.17) is 15.2 Å². The summed E-state index contributed by atoms with van der Waals surface area (Å²) in [5, 5.41) is 0. The monoisotopic (exact) mass is 370 g/mol. The number of hydrogen-bond donors (Lipinski definition) is 2. The van der Waals surface area contributed by atoms with E-state index < -0.39 is 16.1 Å². The molecule has 8 heteroatoms. The van der Waals surface area contributed by atoms with Crippen molar-refractivity contribution in [3.63, 3.8) is 0 Å². The molecular weight excluding hydrogens is 352 g/mol. The third kappa shape index (κ3) is 3.99. The smallest absolute Gasteiger partial charge is 0.244 e. The van der Waals surface area contributed by atoms with Gasteiger partial charge in [0.1, 0.15) is 18.1 Å². The lowest BCUT2D eigenvalue weighted by Gasteiger charge is -2.21. The third-order valence-electron chi connectivity index (χ3n) is 3.54. The maximum Gasteiger partial charge on any atom is 0.244 e. The zero-order valence-corrected chi connectivity index (χ0v) is 14.5. The van der Waals surface area contributed by atoms with Gasteiger partial charge in [-0.15, -0.1) is 12.4 Å². The molecule has 0 amide bonds. The standard InChI is InChI=1S/C16H18N2O4S.ClH/c17-13(12-5-2-1-3-6-12)11-18-23(19,20)15-8-4-7-14-16(15)22-10-9-21-14;/h1-8,13,18H,9-11,17H2;1H. The molecule has 1 aliphatic heterocycles. The topological polar surface area (TPSA) is 90.7 Å². The van der Waals surface area contributed by atoms with E-state index in [0.717, 1.165) is 5.56 Å². The summed E-state index contributed by atoms with van der Waals surface area (Å²) in [6.45, 7) is 0.822. The Hall–Kier alpha value is -1.80. The van der Waals surface area contributed by atoms with Crippen LogP contribution in [0, 0.1) is 0 Å². The van der Waals surface area contributed by atoms with Crippen LogP contribution in [0.25, 0.3) is 0 Å². The Labute approximate surface area is 147 Å². The van der Waals surface area contributed by atoms with Crippen molar-refractivity contribution < 1.29 is 17.9 Å². The molecule has 1 atom stereocenters. The summed E-state index contributed by atoms with van der Waals surface area (Å²) >= 11 is 0. The summed E-state index contributed by atoms with van der Waals surface area (Å²) in [6, 6.07) is 13.7. The molecule has 0 fully saturated rings. The number of halogens is 1. The number of sulfonamides is 1. The SMILES string of the molecule is Cl.NC(CNS(=O)(=O)c1cccc2c1OCCO2)c1ccccc1. The summed E-state index contributed by atoms with van der Waals surface area (Å²) in [6.07, 6.45) is 0. The van der Waals surface area contributed by atoms with Gasteiger partial charge in [-0.1, -0.05) is 36.4 Å². The van der Waals surface area contributed by atoms with Gasteiger partial charge in [0.05, 0.1) is 0 Å². The summed E-state index contributed by atoms with van der Waals surface area (Å²) < 4.78 is 38.5. The Bertz CT molecular complexity index is 784. The average molecular weight is 371 g/mol. The van der Waals surface area contributed by atoms with Crippen LogP contribution < -0.4 is 19.9 Å². The highest BCUT2D eigenvalue weighted by molar-refractivity contribution is 7.89. The van der Waals surface area contributed by atoms with Crippen LogP contribution in [0.5, 0.6) is 11.5 Å². The molecule has 130 valence electrons. The molecule has 0 bridgehead atoms. The molecule has 6 nitrogen and oxygen atoms in total. The van der Waals surface area contributed by atoms with E-state index in [9.17, 15) is 8.42 Å². The summed E-state index contributed by atoms with van der Waals surface area (Å²) in [5.74, 6) is 0.686. The molecule has 1 aliphatic rings. The van der Waals surface area contributed by atoms with Crippen molar-refractivity contribution in [1.82, 2.24) is 4.72 Å². The molecule has 3 rings (SSSR count). The molecule has 1 heterocycles. The van der Waals surface area contributed by atoms with Crippen LogP contribution in [0.15, 0.2) is 53.4 Å². The van der Waals surface area contributed by atoms with Crippen molar-refractivity contribution in [2.45, 2.75) is 10.9 Å². The fourth-order valence-corrected chi connectivity index (χ4v) is 3.57. The van der Waals surface area contributed by atoms with Crippen molar-refractivity contribution >= 4 is 22.4 Å². The van der Waals surface area contributed by atoms with Crippen LogP contribution in [-0.2, 0) is 10.0 Å². The van der Waals surface area contributed by atoms with Gasteiger partial charge in [-0.2, -0.15) is 0 Å². The second-order valence-electron chi connectivity index (χ2n) is 5.15. The van der Waals surface area contributed by atoms with Crippen molar-refractivity contribution in [3.05, 3.63) is 54.1 Å². The van der Waals surface area contributed by atoms with E-state index in [1.807, 2.05) is 30.3 Å². The Kier molecular flexibility index (Phi) is 6.06. The van der Waals surface area contributed by atoms with Crippen molar-refractivity contribution in [1.29, 1.82) is 0 Å². The molecule has 0 radical (unpaired) electrons. The van der Waals surface area contributed by atoms with E-state index in [1.165, 1.54) is 6.07 Å². The fraction of sp³-hybridized carbons (Fsp3) is 0.250. The molecule has 0 aliphatic carbocycles. The molecule has 0 saturated heterocycles. The first kappa shape index (κ1) is 18.5. The number of para-hydroxylation sites is 1. The normalized spacial score (nSPS) is 14.5. The number of nitrogens with two attached hydrogens (primary N) is 1. The predicted octanol–water partition coefficient (Wildman–Crippen LogP) is 1.86. The van der Waals surface area contributed by atoms with Gasteiger partial charge in [0.25, 0.3) is 0 Å². The van der Waals surface area contributed by atoms with E-state index in [1.54, 1.807) is 12.1 Å². The van der Waals surface area contributed by atoms with Crippen molar-refractivity contribution in [2.24, 2.45) is 5.73 Å². The second-order valence-corrected chi connectivity index (χ2v) is 6.88. The first-order chi connectivity index (χ1) is 11.1. The molecule has 2 aromatic rings. The number of nitrogens with one attached hydrogen (secondary N) is 1. The van der Waals surface area contributed by atoms with Crippen molar-refractivity contribution in [2.75, 3.05) is 19.8 Å². The average Bonchev–Trinajstić information content (AvgIpc) is 2.60. The lowest BCUT2D eigenvalue weighted by molar-refractivity contribution is 0.167. The molecule has 1 unspecified atom stereocenters. The Morgan fingerprint density at radius 2 is 1.75 bits per heavy atom. The quantitative estimate of drug-likeness (QED) is 0.838. The first-order valence-electron chi connectivity index (χ1n) is 7.27. The molecule has 0 saturated carbocycles. The van der Waals surface area contributed by atoms with Crippen LogP contribution in [0.2, 0.25) is 0 Å². The molecule has 24 heavy (non-hydrogen) atoms. The van der Waals surface area contributed by atoms with Gasteiger partial charge in [-0.25, -0.2) is 13.1 Å². The number of rotatable bonds is 5. The van der Waals surface area contributed by atoms with E-state index in [2.05, 4.69) is 4.72 Å². The summed E-state index contributed by atoms with van der Waals surface area (Å²) in [7, 11) is -3.74. The van der Waals surface area contributed by atoms with Gasteiger partial charge in [0.2, 0.25) is 10.0 Å². The van der Waals surface area contributed by atoms with E-state index >= 15 is 0 Å². The Balaban J connectivity index is 0.00000208. The van der Waals surface area contributed by atoms with Crippen LogP contribution in [0.4, 0.5) is 0 Å². The van der Waals surface area contributed by atoms with Crippen LogP contribution in [0.1, 0.15) is 11.6 Å². The minimum Gasteiger partial charge on any atom is -0.486 e. The second kappa shape index (κ2) is 7.85. The van der Waals surface area contributed by atoms with Gasteiger partial charge in [0, 0.05) is 12.6 Å². The van der Waals surface area contributed by atoms with Gasteiger partial charge in [-0.3, -0.25) is 0 Å². The van der Waals surface area contributed by atoms with Crippen molar-refractivity contribution in [3.8, 4) is 11.5 Å². The number of hydrogen-bond acceptors (Lipinski definition) is 5. The maximum absolute atomic E-state index is 12.5. The fourth-order valence-electron chi connectivity index (χ4n) is 2.35. The third-order valence-corrected chi connectivity index (χ3v) is 4.99. The lowest BCUT2D eigenvalue weighted by atomic mass is 10.1. The molecule has 2 aromatic carbocycles. The minimum absolute atomic E-state index is 0. The van der Waals surface area contributed by atoms with Crippen LogP contribution in [-0.4, -0.2) is 28.2 Å². The zero-order valence-electron chi connectivity index (χ0n) is 12.8. The minimum atomic E-state index is -3.74. The number of fused-ring (bicyclic) bond motifs is 1. The summed E-state index contributed by atoms with van der Waals surface area (Å²) in [5.41, 5.74) is 6.90. The zero-order chi connectivity index (χ0) is 16.3. The predicted molar refractivity (Wildman–Crippen MR) is 93.2 cm³/mol. The van der Waals surface area contributed by atoms with E-state index in [0.29, 0.717) is 19.0 Å². The lowest BCUT2D eigenvalue weighted by Crippen LogP contribution is -2.32. The Morgan fingerprint density at radius 3 is 2.50 bits per heavy atom. The highest BCUT2D eigenvalue weighted by Gasteiger charge is 2.25. The summed E-state index contributed by atoms with van der Waals surface area (Å²) in [4.78, 5) is 0.0648. The first-order valence-corrected chi connectivity index (χ1v) is 8.75. The molecule has 0 spiro atoms. The highest BCUT2D eigenvalue weighted by Crippen LogP contribution is 2.36. The van der Waals surface area contributed by atoms with Gasteiger partial charge in [0.15, 0.2) is 11.5 Å². The largest absolute Gasteiger partial charge is 0.486 e. The molecule has 3 N–H and O–H groups in total. The Morgan fingerprint density at radius 1 is 1.04 bits per heavy atom. The molecule has 0 aromatic heterocycles. The molecular formula is C16H19ClN2O4S. The highest BCUT2D eigenvalue weighted by atomic mass is 35.5.